The molecule has 0 aromatic carbocycles. The second-order valence-electron chi connectivity index (χ2n) is 7.10. The van der Waals surface area contributed by atoms with E-state index in [1.807, 2.05) is 9.80 Å². The van der Waals surface area contributed by atoms with E-state index in [1.165, 1.54) is 17.7 Å². The van der Waals surface area contributed by atoms with Gasteiger partial charge in [0.05, 0.1) is 0 Å². The fourth-order valence-corrected chi connectivity index (χ4v) is 5.00. The van der Waals surface area contributed by atoms with Crippen LogP contribution in [0.15, 0.2) is 17.5 Å². The SMILES string of the molecule is O=C(C1CCCC1)N1CCN(C(=O)C2CC2c2cccs2)CC1. The summed E-state index contributed by atoms with van der Waals surface area (Å²) in [5, 5.41) is 2.09. The Morgan fingerprint density at radius 2 is 1.65 bits per heavy atom. The van der Waals surface area contributed by atoms with Crippen LogP contribution in [0.1, 0.15) is 42.9 Å². The van der Waals surface area contributed by atoms with Crippen molar-refractivity contribution in [2.75, 3.05) is 26.2 Å². The first-order valence-electron chi connectivity index (χ1n) is 8.85. The van der Waals surface area contributed by atoms with Crippen molar-refractivity contribution in [3.05, 3.63) is 22.4 Å². The molecule has 4 rings (SSSR count). The van der Waals surface area contributed by atoms with Crippen LogP contribution in [0.25, 0.3) is 0 Å². The third-order valence-electron chi connectivity index (χ3n) is 5.62. The first-order valence-corrected chi connectivity index (χ1v) is 9.73. The van der Waals surface area contributed by atoms with Crippen LogP contribution in [-0.2, 0) is 9.59 Å². The Morgan fingerprint density at radius 1 is 1.00 bits per heavy atom. The Kier molecular flexibility index (Phi) is 4.14. The molecule has 2 saturated carbocycles. The number of carbonyl (C=O) groups excluding carboxylic acids is 2. The summed E-state index contributed by atoms with van der Waals surface area (Å²) >= 11 is 1.76. The highest BCUT2D eigenvalue weighted by molar-refractivity contribution is 7.10. The number of thiophene rings is 1. The maximum Gasteiger partial charge on any atom is 0.226 e. The summed E-state index contributed by atoms with van der Waals surface area (Å²) in [5.41, 5.74) is 0. The monoisotopic (exact) mass is 332 g/mol. The maximum absolute atomic E-state index is 12.6. The minimum atomic E-state index is 0.186. The first kappa shape index (κ1) is 15.2. The molecular weight excluding hydrogens is 308 g/mol. The highest BCUT2D eigenvalue weighted by atomic mass is 32.1. The van der Waals surface area contributed by atoms with E-state index in [1.54, 1.807) is 11.3 Å². The van der Waals surface area contributed by atoms with Gasteiger partial charge in [0.15, 0.2) is 0 Å². The van der Waals surface area contributed by atoms with Gasteiger partial charge in [0.25, 0.3) is 0 Å². The number of carbonyl (C=O) groups is 2. The molecule has 3 aliphatic rings. The molecule has 1 aromatic rings. The van der Waals surface area contributed by atoms with Crippen LogP contribution >= 0.6 is 11.3 Å². The second-order valence-corrected chi connectivity index (χ2v) is 8.08. The van der Waals surface area contributed by atoms with Gasteiger partial charge in [0.2, 0.25) is 11.8 Å². The summed E-state index contributed by atoms with van der Waals surface area (Å²) in [4.78, 5) is 30.4. The topological polar surface area (TPSA) is 40.6 Å². The van der Waals surface area contributed by atoms with Crippen molar-refractivity contribution in [2.24, 2.45) is 11.8 Å². The lowest BCUT2D eigenvalue weighted by atomic mass is 10.1. The van der Waals surface area contributed by atoms with Crippen molar-refractivity contribution >= 4 is 23.2 Å². The normalized spacial score (nSPS) is 28.2. The predicted octanol–water partition coefficient (Wildman–Crippen LogP) is 2.71. The van der Waals surface area contributed by atoms with E-state index >= 15 is 0 Å². The number of amides is 2. The smallest absolute Gasteiger partial charge is 0.226 e. The summed E-state index contributed by atoms with van der Waals surface area (Å²) in [6, 6.07) is 4.20. The van der Waals surface area contributed by atoms with Gasteiger partial charge in [-0.3, -0.25) is 9.59 Å². The zero-order valence-corrected chi connectivity index (χ0v) is 14.3. The molecule has 2 amide bonds. The van der Waals surface area contributed by atoms with E-state index in [4.69, 9.17) is 0 Å². The Hall–Kier alpha value is -1.36. The minimum Gasteiger partial charge on any atom is -0.339 e. The highest BCUT2D eigenvalue weighted by Gasteiger charge is 2.46. The van der Waals surface area contributed by atoms with Crippen LogP contribution in [0.2, 0.25) is 0 Å². The van der Waals surface area contributed by atoms with Gasteiger partial charge in [-0.15, -0.1) is 11.3 Å². The van der Waals surface area contributed by atoms with Crippen LogP contribution in [0.4, 0.5) is 0 Å². The van der Waals surface area contributed by atoms with Gasteiger partial charge in [-0.1, -0.05) is 18.9 Å². The van der Waals surface area contributed by atoms with E-state index in [0.29, 0.717) is 30.8 Å². The van der Waals surface area contributed by atoms with Crippen LogP contribution in [0, 0.1) is 11.8 Å². The molecule has 0 spiro atoms. The van der Waals surface area contributed by atoms with E-state index in [9.17, 15) is 9.59 Å². The quantitative estimate of drug-likeness (QED) is 0.854. The number of hydrogen-bond acceptors (Lipinski definition) is 3. The van der Waals surface area contributed by atoms with Crippen LogP contribution < -0.4 is 0 Å². The van der Waals surface area contributed by atoms with Crippen molar-refractivity contribution in [2.45, 2.75) is 38.0 Å². The van der Waals surface area contributed by atoms with Gasteiger partial charge in [0, 0.05) is 48.8 Å². The minimum absolute atomic E-state index is 0.186. The molecule has 2 unspecified atom stereocenters. The van der Waals surface area contributed by atoms with E-state index in [0.717, 1.165) is 32.4 Å². The molecule has 3 fully saturated rings. The molecule has 0 bridgehead atoms. The first-order chi connectivity index (χ1) is 11.2. The predicted molar refractivity (Wildman–Crippen MR) is 90.3 cm³/mol. The average Bonchev–Trinajstić information content (AvgIpc) is 3.00. The van der Waals surface area contributed by atoms with Crippen molar-refractivity contribution < 1.29 is 9.59 Å². The molecule has 124 valence electrons. The summed E-state index contributed by atoms with van der Waals surface area (Å²) < 4.78 is 0. The molecule has 2 heterocycles. The molecule has 1 saturated heterocycles. The number of hydrogen-bond donors (Lipinski definition) is 0. The Morgan fingerprint density at radius 3 is 2.26 bits per heavy atom. The summed E-state index contributed by atoms with van der Waals surface area (Å²) in [5.74, 6) is 1.52. The van der Waals surface area contributed by atoms with E-state index < -0.39 is 0 Å². The number of rotatable bonds is 3. The molecule has 2 aliphatic carbocycles. The van der Waals surface area contributed by atoms with Gasteiger partial charge in [-0.05, 0) is 30.7 Å². The van der Waals surface area contributed by atoms with Crippen LogP contribution in [0.3, 0.4) is 0 Å². The maximum atomic E-state index is 12.6. The lowest BCUT2D eigenvalue weighted by molar-refractivity contribution is -0.142. The third kappa shape index (κ3) is 3.03. The van der Waals surface area contributed by atoms with Crippen molar-refractivity contribution in [1.82, 2.24) is 9.80 Å². The Labute approximate surface area is 141 Å². The molecule has 0 radical (unpaired) electrons. The van der Waals surface area contributed by atoms with Crippen LogP contribution in [-0.4, -0.2) is 47.8 Å². The zero-order chi connectivity index (χ0) is 15.8. The van der Waals surface area contributed by atoms with Gasteiger partial charge in [-0.25, -0.2) is 0 Å². The van der Waals surface area contributed by atoms with E-state index in [-0.39, 0.29) is 11.8 Å². The Bertz CT molecular complexity index is 572. The molecule has 1 aliphatic heterocycles. The molecule has 5 heteroatoms. The summed E-state index contributed by atoms with van der Waals surface area (Å²) in [6.45, 7) is 2.87. The fourth-order valence-electron chi connectivity index (χ4n) is 4.10. The third-order valence-corrected chi connectivity index (χ3v) is 6.63. The zero-order valence-electron chi connectivity index (χ0n) is 13.4. The fraction of sp³-hybridized carbons (Fsp3) is 0.667. The molecule has 0 N–H and O–H groups in total. The van der Waals surface area contributed by atoms with Crippen molar-refractivity contribution in [3.63, 3.8) is 0 Å². The van der Waals surface area contributed by atoms with Gasteiger partial charge < -0.3 is 9.80 Å². The summed E-state index contributed by atoms with van der Waals surface area (Å²) in [6.07, 6.45) is 5.51. The Balaban J connectivity index is 1.28. The number of nitrogens with zero attached hydrogens (tertiary/aromatic N) is 2. The molecular formula is C18H24N2O2S. The van der Waals surface area contributed by atoms with Crippen LogP contribution in [0.5, 0.6) is 0 Å². The van der Waals surface area contributed by atoms with Gasteiger partial charge >= 0.3 is 0 Å². The number of piperazine rings is 1. The van der Waals surface area contributed by atoms with E-state index in [2.05, 4.69) is 17.5 Å². The standard InChI is InChI=1S/C18H24N2O2S/c21-17(13-4-1-2-5-13)19-7-9-20(10-8-19)18(22)15-12-14(15)16-6-3-11-23-16/h3,6,11,13-15H,1-2,4-5,7-10,12H2. The van der Waals surface area contributed by atoms with Crippen molar-refractivity contribution in [3.8, 4) is 0 Å². The average molecular weight is 332 g/mol. The molecule has 1 aromatic heterocycles. The van der Waals surface area contributed by atoms with Crippen molar-refractivity contribution in [1.29, 1.82) is 0 Å². The largest absolute Gasteiger partial charge is 0.339 e. The lowest BCUT2D eigenvalue weighted by Crippen LogP contribution is -2.52. The highest BCUT2D eigenvalue weighted by Crippen LogP contribution is 2.50. The van der Waals surface area contributed by atoms with Gasteiger partial charge in [-0.2, -0.15) is 0 Å². The summed E-state index contributed by atoms with van der Waals surface area (Å²) in [7, 11) is 0. The molecule has 4 nitrogen and oxygen atoms in total. The lowest BCUT2D eigenvalue weighted by Gasteiger charge is -2.36. The molecule has 2 atom stereocenters. The second kappa shape index (κ2) is 6.27. The van der Waals surface area contributed by atoms with Gasteiger partial charge in [0.1, 0.15) is 0 Å². The molecule has 23 heavy (non-hydrogen) atoms.